The third kappa shape index (κ3) is 2.46. The molecule has 1 unspecified atom stereocenters. The lowest BCUT2D eigenvalue weighted by atomic mass is 10.2. The summed E-state index contributed by atoms with van der Waals surface area (Å²) in [7, 11) is 0. The number of rotatable bonds is 3. The van der Waals surface area contributed by atoms with E-state index in [0.717, 1.165) is 0 Å². The van der Waals surface area contributed by atoms with Gasteiger partial charge in [-0.1, -0.05) is 19.8 Å². The minimum absolute atomic E-state index is 0.569. The van der Waals surface area contributed by atoms with Crippen molar-refractivity contribution in [1.82, 2.24) is 10.6 Å². The molecular formula is C9H20N2. The molecule has 1 saturated heterocycles. The van der Waals surface area contributed by atoms with Crippen molar-refractivity contribution in [2.75, 3.05) is 0 Å². The minimum atomic E-state index is 0.569. The van der Waals surface area contributed by atoms with Gasteiger partial charge in [-0.3, -0.25) is 10.6 Å². The van der Waals surface area contributed by atoms with Crippen molar-refractivity contribution in [3.05, 3.63) is 0 Å². The number of unbranched alkanes of at least 4 members (excludes halogenated alkanes) is 1. The summed E-state index contributed by atoms with van der Waals surface area (Å²) in [4.78, 5) is 0. The lowest BCUT2D eigenvalue weighted by Gasteiger charge is -2.09. The standard InChI is InChI=1S/C9H20N2/c1-4-5-6-9-10-7(2)8(3)11-9/h7-11H,4-6H2,1-3H3/t7-,8?,9-/m1/s1. The normalized spacial score (nSPS) is 37.9. The molecule has 0 aromatic carbocycles. The van der Waals surface area contributed by atoms with Crippen LogP contribution >= 0.6 is 0 Å². The van der Waals surface area contributed by atoms with Gasteiger partial charge in [0.2, 0.25) is 0 Å². The van der Waals surface area contributed by atoms with Crippen LogP contribution in [0.2, 0.25) is 0 Å². The third-order valence-corrected chi connectivity index (χ3v) is 2.52. The molecule has 2 N–H and O–H groups in total. The Labute approximate surface area is 69.8 Å². The summed E-state index contributed by atoms with van der Waals surface area (Å²) >= 11 is 0. The second-order valence-corrected chi connectivity index (χ2v) is 3.61. The summed E-state index contributed by atoms with van der Waals surface area (Å²) in [5.74, 6) is 0. The summed E-state index contributed by atoms with van der Waals surface area (Å²) in [5.41, 5.74) is 0. The monoisotopic (exact) mass is 156 g/mol. The summed E-state index contributed by atoms with van der Waals surface area (Å²) < 4.78 is 0. The van der Waals surface area contributed by atoms with E-state index in [0.29, 0.717) is 18.2 Å². The molecule has 0 aliphatic carbocycles. The largest absolute Gasteiger partial charge is 0.298 e. The maximum atomic E-state index is 3.53. The zero-order chi connectivity index (χ0) is 8.27. The molecule has 0 aromatic rings. The highest BCUT2D eigenvalue weighted by Gasteiger charge is 2.24. The first kappa shape index (κ1) is 9.01. The van der Waals surface area contributed by atoms with Crippen molar-refractivity contribution >= 4 is 0 Å². The molecular weight excluding hydrogens is 136 g/mol. The van der Waals surface area contributed by atoms with Gasteiger partial charge in [-0.15, -0.1) is 0 Å². The van der Waals surface area contributed by atoms with E-state index >= 15 is 0 Å². The molecule has 2 heteroatoms. The van der Waals surface area contributed by atoms with Crippen LogP contribution in [0.5, 0.6) is 0 Å². The van der Waals surface area contributed by atoms with E-state index in [1.165, 1.54) is 19.3 Å². The van der Waals surface area contributed by atoms with Crippen LogP contribution in [0.1, 0.15) is 40.0 Å². The molecule has 3 atom stereocenters. The van der Waals surface area contributed by atoms with Gasteiger partial charge >= 0.3 is 0 Å². The Morgan fingerprint density at radius 1 is 1.09 bits per heavy atom. The minimum Gasteiger partial charge on any atom is -0.298 e. The van der Waals surface area contributed by atoms with Crippen LogP contribution in [-0.2, 0) is 0 Å². The van der Waals surface area contributed by atoms with E-state index in [2.05, 4.69) is 31.4 Å². The lowest BCUT2D eigenvalue weighted by Crippen LogP contribution is -2.32. The summed E-state index contributed by atoms with van der Waals surface area (Å²) in [6.45, 7) is 6.72. The first-order chi connectivity index (χ1) is 5.24. The molecule has 2 nitrogen and oxygen atoms in total. The molecule has 1 fully saturated rings. The summed E-state index contributed by atoms with van der Waals surface area (Å²) in [6.07, 6.45) is 4.46. The Balaban J connectivity index is 2.18. The third-order valence-electron chi connectivity index (χ3n) is 2.52. The van der Waals surface area contributed by atoms with Crippen molar-refractivity contribution in [1.29, 1.82) is 0 Å². The van der Waals surface area contributed by atoms with Gasteiger partial charge in [0.25, 0.3) is 0 Å². The highest BCUT2D eigenvalue weighted by atomic mass is 15.2. The quantitative estimate of drug-likeness (QED) is 0.646. The van der Waals surface area contributed by atoms with E-state index in [1.807, 2.05) is 0 Å². The molecule has 1 heterocycles. The molecule has 0 bridgehead atoms. The first-order valence-electron chi connectivity index (χ1n) is 4.76. The molecule has 1 aliphatic rings. The van der Waals surface area contributed by atoms with E-state index in [9.17, 15) is 0 Å². The Kier molecular flexibility index (Phi) is 3.34. The second-order valence-electron chi connectivity index (χ2n) is 3.61. The molecule has 0 amide bonds. The molecule has 66 valence electrons. The predicted molar refractivity (Wildman–Crippen MR) is 48.5 cm³/mol. The maximum Gasteiger partial charge on any atom is 0.0576 e. The zero-order valence-electron chi connectivity index (χ0n) is 7.85. The first-order valence-corrected chi connectivity index (χ1v) is 4.76. The molecule has 0 radical (unpaired) electrons. The maximum absolute atomic E-state index is 3.53. The Hall–Kier alpha value is -0.0800. The van der Waals surface area contributed by atoms with Gasteiger partial charge in [0.05, 0.1) is 6.17 Å². The van der Waals surface area contributed by atoms with Gasteiger partial charge in [0.1, 0.15) is 0 Å². The molecule has 1 rings (SSSR count). The van der Waals surface area contributed by atoms with Gasteiger partial charge < -0.3 is 0 Å². The zero-order valence-corrected chi connectivity index (χ0v) is 7.85. The van der Waals surface area contributed by atoms with Crippen LogP contribution in [0, 0.1) is 0 Å². The van der Waals surface area contributed by atoms with Gasteiger partial charge in [-0.25, -0.2) is 0 Å². The number of hydrogen-bond donors (Lipinski definition) is 2. The lowest BCUT2D eigenvalue weighted by molar-refractivity contribution is 0.473. The fourth-order valence-corrected chi connectivity index (χ4v) is 1.55. The van der Waals surface area contributed by atoms with Crippen LogP contribution in [0.25, 0.3) is 0 Å². The fraction of sp³-hybridized carbons (Fsp3) is 1.00. The summed E-state index contributed by atoms with van der Waals surface area (Å²) in [6, 6.07) is 1.27. The van der Waals surface area contributed by atoms with E-state index in [1.54, 1.807) is 0 Å². The summed E-state index contributed by atoms with van der Waals surface area (Å²) in [5, 5.41) is 7.05. The van der Waals surface area contributed by atoms with E-state index in [4.69, 9.17) is 0 Å². The molecule has 0 saturated carbocycles. The SMILES string of the molecule is CCCC[C@H]1NC(C)[C@@H](C)N1. The average molecular weight is 156 g/mol. The van der Waals surface area contributed by atoms with Gasteiger partial charge in [-0.05, 0) is 20.3 Å². The number of hydrogen-bond acceptors (Lipinski definition) is 2. The van der Waals surface area contributed by atoms with E-state index in [-0.39, 0.29) is 0 Å². The van der Waals surface area contributed by atoms with E-state index < -0.39 is 0 Å². The van der Waals surface area contributed by atoms with Gasteiger partial charge in [0.15, 0.2) is 0 Å². The number of nitrogens with one attached hydrogen (secondary N) is 2. The van der Waals surface area contributed by atoms with Crippen LogP contribution in [0.4, 0.5) is 0 Å². The Morgan fingerprint density at radius 2 is 1.64 bits per heavy atom. The van der Waals surface area contributed by atoms with Crippen LogP contribution in [0.15, 0.2) is 0 Å². The average Bonchev–Trinajstić information content (AvgIpc) is 2.28. The highest BCUT2D eigenvalue weighted by Crippen LogP contribution is 2.08. The molecule has 0 aromatic heterocycles. The van der Waals surface area contributed by atoms with Crippen LogP contribution in [0.3, 0.4) is 0 Å². The van der Waals surface area contributed by atoms with Crippen molar-refractivity contribution < 1.29 is 0 Å². The van der Waals surface area contributed by atoms with Crippen molar-refractivity contribution in [3.63, 3.8) is 0 Å². The topological polar surface area (TPSA) is 24.1 Å². The van der Waals surface area contributed by atoms with Gasteiger partial charge in [-0.2, -0.15) is 0 Å². The van der Waals surface area contributed by atoms with Crippen molar-refractivity contribution in [2.24, 2.45) is 0 Å². The second kappa shape index (κ2) is 4.07. The smallest absolute Gasteiger partial charge is 0.0576 e. The Morgan fingerprint density at radius 3 is 2.09 bits per heavy atom. The Bertz CT molecular complexity index is 104. The van der Waals surface area contributed by atoms with Crippen LogP contribution in [-0.4, -0.2) is 18.2 Å². The predicted octanol–water partition coefficient (Wildman–Crippen LogP) is 1.47. The molecule has 0 spiro atoms. The van der Waals surface area contributed by atoms with Crippen molar-refractivity contribution in [2.45, 2.75) is 58.3 Å². The fourth-order valence-electron chi connectivity index (χ4n) is 1.55. The molecule has 1 aliphatic heterocycles. The molecule has 11 heavy (non-hydrogen) atoms. The van der Waals surface area contributed by atoms with Crippen molar-refractivity contribution in [3.8, 4) is 0 Å². The van der Waals surface area contributed by atoms with Gasteiger partial charge in [0, 0.05) is 12.1 Å². The van der Waals surface area contributed by atoms with Crippen LogP contribution < -0.4 is 10.6 Å². The highest BCUT2D eigenvalue weighted by molar-refractivity contribution is 4.86.